The zero-order chi connectivity index (χ0) is 14.5. The number of likely N-dealkylation sites (N-methyl/N-ethyl adjacent to an activating group) is 1. The molecular weight excluding hydrogens is 254 g/mol. The Kier molecular flexibility index (Phi) is 4.66. The number of benzene rings is 1. The van der Waals surface area contributed by atoms with E-state index < -0.39 is 0 Å². The van der Waals surface area contributed by atoms with E-state index in [9.17, 15) is 4.79 Å². The third kappa shape index (κ3) is 3.53. The SMILES string of the molecule is C=C(C)CN(CC)C(=O)CCc1ccc2c(c1)OCO2. The molecule has 0 saturated carbocycles. The zero-order valence-corrected chi connectivity index (χ0v) is 12.1. The summed E-state index contributed by atoms with van der Waals surface area (Å²) in [5.41, 5.74) is 2.09. The van der Waals surface area contributed by atoms with E-state index in [0.717, 1.165) is 22.6 Å². The lowest BCUT2D eigenvalue weighted by Gasteiger charge is -2.21. The van der Waals surface area contributed by atoms with Crippen LogP contribution in [0.15, 0.2) is 30.4 Å². The minimum absolute atomic E-state index is 0.160. The van der Waals surface area contributed by atoms with Gasteiger partial charge in [0.2, 0.25) is 12.7 Å². The van der Waals surface area contributed by atoms with Crippen LogP contribution in [0.5, 0.6) is 11.5 Å². The number of fused-ring (bicyclic) bond motifs is 1. The number of amides is 1. The van der Waals surface area contributed by atoms with Crippen LogP contribution in [0.4, 0.5) is 0 Å². The molecule has 108 valence electrons. The van der Waals surface area contributed by atoms with Gasteiger partial charge in [-0.2, -0.15) is 0 Å². The van der Waals surface area contributed by atoms with Crippen molar-refractivity contribution >= 4 is 5.91 Å². The molecule has 1 aliphatic heterocycles. The van der Waals surface area contributed by atoms with Gasteiger partial charge < -0.3 is 14.4 Å². The van der Waals surface area contributed by atoms with Crippen LogP contribution in [0.1, 0.15) is 25.8 Å². The highest BCUT2D eigenvalue weighted by atomic mass is 16.7. The first-order valence-corrected chi connectivity index (χ1v) is 6.91. The van der Waals surface area contributed by atoms with Crippen molar-refractivity contribution in [3.05, 3.63) is 35.9 Å². The van der Waals surface area contributed by atoms with Gasteiger partial charge in [0.15, 0.2) is 11.5 Å². The lowest BCUT2D eigenvalue weighted by Crippen LogP contribution is -2.32. The number of hydrogen-bond donors (Lipinski definition) is 0. The highest BCUT2D eigenvalue weighted by Crippen LogP contribution is 2.32. The van der Waals surface area contributed by atoms with E-state index in [1.54, 1.807) is 0 Å². The zero-order valence-electron chi connectivity index (χ0n) is 12.1. The Hall–Kier alpha value is -1.97. The fourth-order valence-corrected chi connectivity index (χ4v) is 2.21. The first kappa shape index (κ1) is 14.4. The molecule has 0 bridgehead atoms. The summed E-state index contributed by atoms with van der Waals surface area (Å²) in [4.78, 5) is 14.0. The van der Waals surface area contributed by atoms with Crippen molar-refractivity contribution in [2.45, 2.75) is 26.7 Å². The number of carbonyl (C=O) groups is 1. The van der Waals surface area contributed by atoms with E-state index in [0.29, 0.717) is 25.9 Å². The topological polar surface area (TPSA) is 38.8 Å². The maximum Gasteiger partial charge on any atom is 0.231 e. The lowest BCUT2D eigenvalue weighted by molar-refractivity contribution is -0.130. The summed E-state index contributed by atoms with van der Waals surface area (Å²) in [6, 6.07) is 5.83. The van der Waals surface area contributed by atoms with E-state index in [1.807, 2.05) is 36.9 Å². The predicted octanol–water partition coefficient (Wildman–Crippen LogP) is 2.77. The van der Waals surface area contributed by atoms with Crippen molar-refractivity contribution in [1.29, 1.82) is 0 Å². The van der Waals surface area contributed by atoms with Gasteiger partial charge in [-0.25, -0.2) is 0 Å². The third-order valence-corrected chi connectivity index (χ3v) is 3.26. The minimum Gasteiger partial charge on any atom is -0.454 e. The van der Waals surface area contributed by atoms with E-state index in [2.05, 4.69) is 6.58 Å². The van der Waals surface area contributed by atoms with Gasteiger partial charge in [0.1, 0.15) is 0 Å². The van der Waals surface area contributed by atoms with E-state index in [1.165, 1.54) is 0 Å². The molecule has 0 N–H and O–H groups in total. The molecule has 1 heterocycles. The maximum absolute atomic E-state index is 12.1. The molecule has 4 nitrogen and oxygen atoms in total. The van der Waals surface area contributed by atoms with Gasteiger partial charge >= 0.3 is 0 Å². The molecule has 1 aliphatic rings. The fraction of sp³-hybridized carbons (Fsp3) is 0.438. The van der Waals surface area contributed by atoms with Crippen molar-refractivity contribution in [3.8, 4) is 11.5 Å². The minimum atomic E-state index is 0.160. The molecular formula is C16H21NO3. The maximum atomic E-state index is 12.1. The van der Waals surface area contributed by atoms with Crippen LogP contribution < -0.4 is 9.47 Å². The number of nitrogens with zero attached hydrogens (tertiary/aromatic N) is 1. The highest BCUT2D eigenvalue weighted by molar-refractivity contribution is 5.76. The molecule has 0 spiro atoms. The summed E-state index contributed by atoms with van der Waals surface area (Å²) in [7, 11) is 0. The van der Waals surface area contributed by atoms with Crippen LogP contribution >= 0.6 is 0 Å². The Balaban J connectivity index is 1.91. The molecule has 0 aromatic heterocycles. The predicted molar refractivity (Wildman–Crippen MR) is 78.0 cm³/mol. The van der Waals surface area contributed by atoms with Crippen molar-refractivity contribution < 1.29 is 14.3 Å². The molecule has 20 heavy (non-hydrogen) atoms. The third-order valence-electron chi connectivity index (χ3n) is 3.26. The van der Waals surface area contributed by atoms with Gasteiger partial charge in [-0.15, -0.1) is 0 Å². The quantitative estimate of drug-likeness (QED) is 0.749. The first-order chi connectivity index (χ1) is 9.60. The van der Waals surface area contributed by atoms with Gasteiger partial charge in [0.25, 0.3) is 0 Å². The van der Waals surface area contributed by atoms with Crippen molar-refractivity contribution in [1.82, 2.24) is 4.90 Å². The van der Waals surface area contributed by atoms with Crippen LogP contribution in [0, 0.1) is 0 Å². The normalized spacial score (nSPS) is 12.3. The van der Waals surface area contributed by atoms with E-state index >= 15 is 0 Å². The molecule has 1 aromatic carbocycles. The van der Waals surface area contributed by atoms with Gasteiger partial charge in [-0.1, -0.05) is 18.2 Å². The molecule has 0 aliphatic carbocycles. The van der Waals surface area contributed by atoms with E-state index in [-0.39, 0.29) is 12.7 Å². The van der Waals surface area contributed by atoms with Crippen LogP contribution in [-0.4, -0.2) is 30.7 Å². The average Bonchev–Trinajstić information content (AvgIpc) is 2.89. The number of carbonyl (C=O) groups excluding carboxylic acids is 1. The summed E-state index contributed by atoms with van der Waals surface area (Å²) in [6.45, 7) is 9.41. The smallest absolute Gasteiger partial charge is 0.231 e. The molecule has 0 fully saturated rings. The summed E-state index contributed by atoms with van der Waals surface area (Å²) < 4.78 is 10.6. The molecule has 4 heteroatoms. The number of aryl methyl sites for hydroxylation is 1. The Morgan fingerprint density at radius 1 is 1.35 bits per heavy atom. The van der Waals surface area contributed by atoms with Crippen molar-refractivity contribution in [3.63, 3.8) is 0 Å². The van der Waals surface area contributed by atoms with Gasteiger partial charge in [-0.05, 0) is 38.0 Å². The Morgan fingerprint density at radius 3 is 2.80 bits per heavy atom. The molecule has 2 rings (SSSR count). The largest absolute Gasteiger partial charge is 0.454 e. The number of hydrogen-bond acceptors (Lipinski definition) is 3. The van der Waals surface area contributed by atoms with Crippen molar-refractivity contribution in [2.24, 2.45) is 0 Å². The molecule has 0 radical (unpaired) electrons. The summed E-state index contributed by atoms with van der Waals surface area (Å²) in [5.74, 6) is 1.70. The van der Waals surface area contributed by atoms with Crippen LogP contribution in [-0.2, 0) is 11.2 Å². The van der Waals surface area contributed by atoms with Crippen LogP contribution in [0.25, 0.3) is 0 Å². The Morgan fingerprint density at radius 2 is 2.10 bits per heavy atom. The fourth-order valence-electron chi connectivity index (χ4n) is 2.21. The van der Waals surface area contributed by atoms with Gasteiger partial charge in [0.05, 0.1) is 0 Å². The average molecular weight is 275 g/mol. The standard InChI is InChI=1S/C16H21NO3/c1-4-17(10-12(2)3)16(18)8-6-13-5-7-14-15(9-13)20-11-19-14/h5,7,9H,2,4,6,8,10-11H2,1,3H3. The Bertz CT molecular complexity index is 510. The molecule has 0 atom stereocenters. The lowest BCUT2D eigenvalue weighted by atomic mass is 10.1. The van der Waals surface area contributed by atoms with E-state index in [4.69, 9.17) is 9.47 Å². The monoisotopic (exact) mass is 275 g/mol. The number of ether oxygens (including phenoxy) is 2. The van der Waals surface area contributed by atoms with Crippen LogP contribution in [0.2, 0.25) is 0 Å². The molecule has 0 unspecified atom stereocenters. The van der Waals surface area contributed by atoms with Crippen LogP contribution in [0.3, 0.4) is 0 Å². The summed E-state index contributed by atoms with van der Waals surface area (Å²) in [5, 5.41) is 0. The molecule has 0 saturated heterocycles. The second-order valence-electron chi connectivity index (χ2n) is 5.05. The van der Waals surface area contributed by atoms with Gasteiger partial charge in [-0.3, -0.25) is 4.79 Å². The first-order valence-electron chi connectivity index (χ1n) is 6.91. The Labute approximate surface area is 120 Å². The van der Waals surface area contributed by atoms with Crippen molar-refractivity contribution in [2.75, 3.05) is 19.9 Å². The second-order valence-corrected chi connectivity index (χ2v) is 5.05. The molecule has 1 aromatic rings. The summed E-state index contributed by atoms with van der Waals surface area (Å²) >= 11 is 0. The summed E-state index contributed by atoms with van der Waals surface area (Å²) in [6.07, 6.45) is 1.21. The number of rotatable bonds is 6. The highest BCUT2D eigenvalue weighted by Gasteiger charge is 2.15. The molecule has 1 amide bonds. The second kappa shape index (κ2) is 6.46. The van der Waals surface area contributed by atoms with Gasteiger partial charge in [0, 0.05) is 19.5 Å².